The number of rotatable bonds is 3. The van der Waals surface area contributed by atoms with Crippen LogP contribution in [0.25, 0.3) is 0 Å². The maximum Gasteiger partial charge on any atom is 0.197 e. The molecule has 0 fully saturated rings. The zero-order valence-electron chi connectivity index (χ0n) is 9.61. The molecule has 0 aliphatic carbocycles. The second kappa shape index (κ2) is 5.31. The highest BCUT2D eigenvalue weighted by atomic mass is 32.2. The van der Waals surface area contributed by atoms with Crippen molar-refractivity contribution in [2.45, 2.75) is 4.90 Å². The highest BCUT2D eigenvalue weighted by Gasteiger charge is 2.18. The van der Waals surface area contributed by atoms with E-state index in [0.717, 1.165) is 11.0 Å². The van der Waals surface area contributed by atoms with Crippen LogP contribution < -0.4 is 0 Å². The van der Waals surface area contributed by atoms with Crippen molar-refractivity contribution in [1.82, 2.24) is 0 Å². The van der Waals surface area contributed by atoms with Crippen molar-refractivity contribution < 1.29 is 13.6 Å². The molecule has 0 saturated carbocycles. The smallest absolute Gasteiger partial charge is 0.197 e. The van der Waals surface area contributed by atoms with Crippen molar-refractivity contribution in [3.8, 4) is 0 Å². The highest BCUT2D eigenvalue weighted by Crippen LogP contribution is 2.24. The summed E-state index contributed by atoms with van der Waals surface area (Å²) in [6.45, 7) is 0. The molecular formula is C14H10F2OS. The lowest BCUT2D eigenvalue weighted by molar-refractivity contribution is 0.103. The van der Waals surface area contributed by atoms with Gasteiger partial charge in [0.1, 0.15) is 0 Å². The number of hydrogen-bond donors (Lipinski definition) is 0. The standard InChI is InChI=1S/C14H10F2OS/c1-18-12-8-3-2-5-9(12)14(17)10-6-4-7-11(15)13(10)16/h2-8H,1H3. The summed E-state index contributed by atoms with van der Waals surface area (Å²) in [6.07, 6.45) is 1.83. The van der Waals surface area contributed by atoms with Gasteiger partial charge in [0.2, 0.25) is 0 Å². The minimum Gasteiger partial charge on any atom is -0.288 e. The number of carbonyl (C=O) groups is 1. The molecule has 0 radical (unpaired) electrons. The molecule has 0 spiro atoms. The summed E-state index contributed by atoms with van der Waals surface area (Å²) in [5.74, 6) is -2.61. The van der Waals surface area contributed by atoms with Gasteiger partial charge in [-0.1, -0.05) is 18.2 Å². The maximum absolute atomic E-state index is 13.6. The average molecular weight is 264 g/mol. The molecule has 2 rings (SSSR count). The van der Waals surface area contributed by atoms with Gasteiger partial charge in [-0.05, 0) is 30.5 Å². The zero-order valence-corrected chi connectivity index (χ0v) is 10.4. The molecule has 4 heteroatoms. The van der Waals surface area contributed by atoms with Gasteiger partial charge >= 0.3 is 0 Å². The van der Waals surface area contributed by atoms with E-state index in [9.17, 15) is 13.6 Å². The van der Waals surface area contributed by atoms with E-state index in [4.69, 9.17) is 0 Å². The van der Waals surface area contributed by atoms with Gasteiger partial charge in [-0.25, -0.2) is 8.78 Å². The van der Waals surface area contributed by atoms with Crippen LogP contribution >= 0.6 is 11.8 Å². The lowest BCUT2D eigenvalue weighted by Gasteiger charge is -2.07. The summed E-state index contributed by atoms with van der Waals surface area (Å²) in [4.78, 5) is 12.9. The number of thioether (sulfide) groups is 1. The fourth-order valence-electron chi connectivity index (χ4n) is 1.66. The van der Waals surface area contributed by atoms with Crippen molar-refractivity contribution in [3.63, 3.8) is 0 Å². The van der Waals surface area contributed by atoms with Gasteiger partial charge in [-0.15, -0.1) is 11.8 Å². The molecular weight excluding hydrogens is 254 g/mol. The second-order valence-corrected chi connectivity index (χ2v) is 4.48. The highest BCUT2D eigenvalue weighted by molar-refractivity contribution is 7.98. The van der Waals surface area contributed by atoms with E-state index in [-0.39, 0.29) is 5.56 Å². The Hall–Kier alpha value is -1.68. The SMILES string of the molecule is CSc1ccccc1C(=O)c1cccc(F)c1F. The predicted octanol–water partition coefficient (Wildman–Crippen LogP) is 3.92. The van der Waals surface area contributed by atoms with E-state index in [2.05, 4.69) is 0 Å². The van der Waals surface area contributed by atoms with Crippen LogP contribution in [-0.2, 0) is 0 Å². The summed E-state index contributed by atoms with van der Waals surface area (Å²) in [5.41, 5.74) is 0.144. The summed E-state index contributed by atoms with van der Waals surface area (Å²) in [5, 5.41) is 0. The van der Waals surface area contributed by atoms with Crippen LogP contribution in [0.15, 0.2) is 47.4 Å². The Morgan fingerprint density at radius 2 is 1.67 bits per heavy atom. The third-order valence-electron chi connectivity index (χ3n) is 2.55. The van der Waals surface area contributed by atoms with Crippen molar-refractivity contribution in [2.24, 2.45) is 0 Å². The van der Waals surface area contributed by atoms with Gasteiger partial charge in [-0.3, -0.25) is 4.79 Å². The van der Waals surface area contributed by atoms with E-state index in [0.29, 0.717) is 5.56 Å². The summed E-state index contributed by atoms with van der Waals surface area (Å²) >= 11 is 1.39. The molecule has 0 unspecified atom stereocenters. The normalized spacial score (nSPS) is 10.4. The summed E-state index contributed by atoms with van der Waals surface area (Å²) in [7, 11) is 0. The Labute approximate surface area is 108 Å². The van der Waals surface area contributed by atoms with Gasteiger partial charge < -0.3 is 0 Å². The molecule has 92 valence electrons. The molecule has 0 atom stereocenters. The number of ketones is 1. The van der Waals surface area contributed by atoms with Crippen molar-refractivity contribution in [1.29, 1.82) is 0 Å². The molecule has 1 nitrogen and oxygen atoms in total. The van der Waals surface area contributed by atoms with Gasteiger partial charge in [0, 0.05) is 10.5 Å². The Kier molecular flexibility index (Phi) is 3.77. The molecule has 2 aromatic rings. The van der Waals surface area contributed by atoms with Gasteiger partial charge in [0.25, 0.3) is 0 Å². The second-order valence-electron chi connectivity index (χ2n) is 3.63. The monoisotopic (exact) mass is 264 g/mol. The maximum atomic E-state index is 13.6. The minimum atomic E-state index is -1.10. The van der Waals surface area contributed by atoms with E-state index < -0.39 is 17.4 Å². The van der Waals surface area contributed by atoms with Crippen LogP contribution in [0.3, 0.4) is 0 Å². The van der Waals surface area contributed by atoms with Gasteiger partial charge in [0.05, 0.1) is 5.56 Å². The third-order valence-corrected chi connectivity index (χ3v) is 3.34. The van der Waals surface area contributed by atoms with Crippen molar-refractivity contribution >= 4 is 17.5 Å². The quantitative estimate of drug-likeness (QED) is 0.617. The Balaban J connectivity index is 2.52. The van der Waals surface area contributed by atoms with Crippen LogP contribution in [0, 0.1) is 11.6 Å². The fourth-order valence-corrected chi connectivity index (χ4v) is 2.25. The number of halogens is 2. The molecule has 18 heavy (non-hydrogen) atoms. The largest absolute Gasteiger partial charge is 0.288 e. The van der Waals surface area contributed by atoms with Crippen LogP contribution in [0.1, 0.15) is 15.9 Å². The lowest BCUT2D eigenvalue weighted by atomic mass is 10.0. The molecule has 0 saturated heterocycles. The van der Waals surface area contributed by atoms with Gasteiger partial charge in [-0.2, -0.15) is 0 Å². The van der Waals surface area contributed by atoms with Crippen LogP contribution in [0.2, 0.25) is 0 Å². The average Bonchev–Trinajstić information content (AvgIpc) is 2.41. The molecule has 2 aromatic carbocycles. The molecule has 0 aliphatic rings. The fraction of sp³-hybridized carbons (Fsp3) is 0.0714. The molecule has 0 bridgehead atoms. The zero-order chi connectivity index (χ0) is 13.1. The first kappa shape index (κ1) is 12.8. The summed E-state index contributed by atoms with van der Waals surface area (Å²) < 4.78 is 26.7. The molecule has 0 aliphatic heterocycles. The summed E-state index contributed by atoms with van der Waals surface area (Å²) in [6, 6.07) is 10.5. The number of benzene rings is 2. The number of hydrogen-bond acceptors (Lipinski definition) is 2. The predicted molar refractivity (Wildman–Crippen MR) is 68.0 cm³/mol. The molecule has 0 amide bonds. The molecule has 0 heterocycles. The Bertz CT molecular complexity index is 596. The van der Waals surface area contributed by atoms with E-state index in [1.165, 1.54) is 23.9 Å². The third kappa shape index (κ3) is 2.29. The molecule has 0 aromatic heterocycles. The first-order valence-electron chi connectivity index (χ1n) is 5.27. The lowest BCUT2D eigenvalue weighted by Crippen LogP contribution is -2.07. The Morgan fingerprint density at radius 1 is 1.00 bits per heavy atom. The first-order valence-corrected chi connectivity index (χ1v) is 6.49. The topological polar surface area (TPSA) is 17.1 Å². The van der Waals surface area contributed by atoms with Gasteiger partial charge in [0.15, 0.2) is 17.4 Å². The van der Waals surface area contributed by atoms with E-state index in [1.807, 2.05) is 6.26 Å². The number of carbonyl (C=O) groups excluding carboxylic acids is 1. The minimum absolute atomic E-state index is 0.239. The van der Waals surface area contributed by atoms with E-state index in [1.54, 1.807) is 24.3 Å². The van der Waals surface area contributed by atoms with Crippen LogP contribution in [-0.4, -0.2) is 12.0 Å². The first-order chi connectivity index (χ1) is 8.65. The van der Waals surface area contributed by atoms with E-state index >= 15 is 0 Å². The molecule has 0 N–H and O–H groups in total. The van der Waals surface area contributed by atoms with Crippen molar-refractivity contribution in [2.75, 3.05) is 6.26 Å². The van der Waals surface area contributed by atoms with Crippen LogP contribution in [0.4, 0.5) is 8.78 Å². The van der Waals surface area contributed by atoms with Crippen molar-refractivity contribution in [3.05, 3.63) is 65.2 Å². The Morgan fingerprint density at radius 3 is 2.39 bits per heavy atom. The van der Waals surface area contributed by atoms with Crippen LogP contribution in [0.5, 0.6) is 0 Å².